The first-order valence-corrected chi connectivity index (χ1v) is 6.29. The lowest BCUT2D eigenvalue weighted by Gasteiger charge is -2.26. The molecule has 0 radical (unpaired) electrons. The first kappa shape index (κ1) is 11.7. The molecule has 0 amide bonds. The Balaban J connectivity index is 2.24. The molecule has 16 heavy (non-hydrogen) atoms. The van der Waals surface area contributed by atoms with E-state index < -0.39 is 0 Å². The van der Waals surface area contributed by atoms with Crippen LogP contribution >= 0.6 is 11.6 Å². The Morgan fingerprint density at radius 1 is 1.44 bits per heavy atom. The summed E-state index contributed by atoms with van der Waals surface area (Å²) in [5.74, 6) is 0. The van der Waals surface area contributed by atoms with Gasteiger partial charge in [0.2, 0.25) is 0 Å². The molecule has 1 saturated heterocycles. The van der Waals surface area contributed by atoms with E-state index >= 15 is 0 Å². The Morgan fingerprint density at radius 2 is 2.25 bits per heavy atom. The maximum absolute atomic E-state index is 6.17. The molecule has 1 aliphatic rings. The number of halogens is 1. The van der Waals surface area contributed by atoms with Crippen molar-refractivity contribution in [3.8, 4) is 0 Å². The van der Waals surface area contributed by atoms with Crippen molar-refractivity contribution in [3.05, 3.63) is 28.8 Å². The largest absolute Gasteiger partial charge is 0.370 e. The van der Waals surface area contributed by atoms with Crippen LogP contribution in [0.2, 0.25) is 5.02 Å². The van der Waals surface area contributed by atoms with Crippen LogP contribution in [-0.2, 0) is 0 Å². The summed E-state index contributed by atoms with van der Waals surface area (Å²) >= 11 is 6.17. The normalized spacial score (nSPS) is 21.9. The molecule has 3 heteroatoms. The summed E-state index contributed by atoms with van der Waals surface area (Å²) < 4.78 is 0. The fourth-order valence-electron chi connectivity index (χ4n) is 2.26. The monoisotopic (exact) mass is 238 g/mol. The lowest BCUT2D eigenvalue weighted by molar-refractivity contribution is 0.584. The van der Waals surface area contributed by atoms with Crippen molar-refractivity contribution >= 4 is 17.3 Å². The number of nitrogens with zero attached hydrogens (tertiary/aromatic N) is 1. The molecule has 0 aliphatic carbocycles. The predicted molar refractivity (Wildman–Crippen MR) is 70.5 cm³/mol. The molecule has 1 aliphatic heterocycles. The topological polar surface area (TPSA) is 15.3 Å². The van der Waals surface area contributed by atoms with E-state index in [2.05, 4.69) is 30.1 Å². The third-order valence-corrected chi connectivity index (χ3v) is 3.58. The van der Waals surface area contributed by atoms with Gasteiger partial charge in [-0.15, -0.1) is 0 Å². The molecule has 88 valence electrons. The number of anilines is 1. The summed E-state index contributed by atoms with van der Waals surface area (Å²) in [4.78, 5) is 2.44. The van der Waals surface area contributed by atoms with E-state index in [0.717, 1.165) is 24.7 Å². The molecule has 0 saturated carbocycles. The summed E-state index contributed by atoms with van der Waals surface area (Å²) in [6.07, 6.45) is 1.19. The van der Waals surface area contributed by atoms with Crippen LogP contribution in [-0.4, -0.2) is 25.7 Å². The average Bonchev–Trinajstić information content (AvgIpc) is 2.47. The van der Waals surface area contributed by atoms with Gasteiger partial charge in [0.05, 0.1) is 0 Å². The van der Waals surface area contributed by atoms with Crippen LogP contribution in [0, 0.1) is 6.92 Å². The summed E-state index contributed by atoms with van der Waals surface area (Å²) in [7, 11) is 0. The van der Waals surface area contributed by atoms with Gasteiger partial charge in [-0.1, -0.05) is 17.7 Å². The van der Waals surface area contributed by atoms with Crippen LogP contribution in [0.1, 0.15) is 18.9 Å². The Kier molecular flexibility index (Phi) is 3.72. The second-order valence-electron chi connectivity index (χ2n) is 4.54. The van der Waals surface area contributed by atoms with Crippen LogP contribution in [0.5, 0.6) is 0 Å². The molecule has 1 fully saturated rings. The van der Waals surface area contributed by atoms with E-state index in [1.54, 1.807) is 0 Å². The molecule has 1 aromatic carbocycles. The highest BCUT2D eigenvalue weighted by Crippen LogP contribution is 2.27. The van der Waals surface area contributed by atoms with Crippen molar-refractivity contribution in [1.29, 1.82) is 0 Å². The molecule has 1 unspecified atom stereocenters. The highest BCUT2D eigenvalue weighted by Gasteiger charge is 2.16. The SMILES string of the molecule is Cc1c(Cl)cccc1N1CCCNC(C)C1. The van der Waals surface area contributed by atoms with E-state index in [4.69, 9.17) is 11.6 Å². The molecule has 2 nitrogen and oxygen atoms in total. The maximum atomic E-state index is 6.17. The zero-order chi connectivity index (χ0) is 11.5. The van der Waals surface area contributed by atoms with Crippen molar-refractivity contribution in [2.45, 2.75) is 26.3 Å². The fraction of sp³-hybridized carbons (Fsp3) is 0.538. The van der Waals surface area contributed by atoms with Gasteiger partial charge in [-0.25, -0.2) is 0 Å². The third kappa shape index (κ3) is 2.50. The minimum absolute atomic E-state index is 0.542. The second kappa shape index (κ2) is 5.07. The molecule has 1 N–H and O–H groups in total. The zero-order valence-electron chi connectivity index (χ0n) is 9.96. The summed E-state index contributed by atoms with van der Waals surface area (Å²) in [6, 6.07) is 6.70. The Bertz CT molecular complexity index is 365. The van der Waals surface area contributed by atoms with E-state index in [9.17, 15) is 0 Å². The van der Waals surface area contributed by atoms with Gasteiger partial charge in [0, 0.05) is 29.8 Å². The highest BCUT2D eigenvalue weighted by atomic mass is 35.5. The Labute approximate surface area is 103 Å². The molecular formula is C13H19ClN2. The first-order valence-electron chi connectivity index (χ1n) is 5.92. The van der Waals surface area contributed by atoms with Crippen molar-refractivity contribution in [2.75, 3.05) is 24.5 Å². The Morgan fingerprint density at radius 3 is 3.06 bits per heavy atom. The van der Waals surface area contributed by atoms with Crippen LogP contribution in [0.4, 0.5) is 5.69 Å². The minimum Gasteiger partial charge on any atom is -0.370 e. The molecule has 2 rings (SSSR count). The average molecular weight is 239 g/mol. The minimum atomic E-state index is 0.542. The maximum Gasteiger partial charge on any atom is 0.0455 e. The third-order valence-electron chi connectivity index (χ3n) is 3.17. The number of hydrogen-bond acceptors (Lipinski definition) is 2. The van der Waals surface area contributed by atoms with E-state index in [-0.39, 0.29) is 0 Å². The number of nitrogens with one attached hydrogen (secondary N) is 1. The van der Waals surface area contributed by atoms with E-state index in [0.29, 0.717) is 6.04 Å². The molecule has 1 aromatic rings. The highest BCUT2D eigenvalue weighted by molar-refractivity contribution is 6.31. The quantitative estimate of drug-likeness (QED) is 0.810. The second-order valence-corrected chi connectivity index (χ2v) is 4.95. The van der Waals surface area contributed by atoms with Gasteiger partial charge in [-0.05, 0) is 44.5 Å². The van der Waals surface area contributed by atoms with Crippen LogP contribution in [0.25, 0.3) is 0 Å². The van der Waals surface area contributed by atoms with Crippen molar-refractivity contribution in [1.82, 2.24) is 5.32 Å². The van der Waals surface area contributed by atoms with Crippen molar-refractivity contribution < 1.29 is 0 Å². The molecule has 0 spiro atoms. The van der Waals surface area contributed by atoms with E-state index in [1.165, 1.54) is 17.7 Å². The van der Waals surface area contributed by atoms with Gasteiger partial charge in [0.1, 0.15) is 0 Å². The lowest BCUT2D eigenvalue weighted by atomic mass is 10.1. The van der Waals surface area contributed by atoms with Gasteiger partial charge in [-0.3, -0.25) is 0 Å². The molecule has 0 aromatic heterocycles. The predicted octanol–water partition coefficient (Wildman–Crippen LogP) is 2.84. The first-order chi connectivity index (χ1) is 7.68. The zero-order valence-corrected chi connectivity index (χ0v) is 10.7. The van der Waals surface area contributed by atoms with Crippen LogP contribution in [0.3, 0.4) is 0 Å². The van der Waals surface area contributed by atoms with Crippen LogP contribution in [0.15, 0.2) is 18.2 Å². The molecule has 1 atom stereocenters. The smallest absolute Gasteiger partial charge is 0.0455 e. The number of rotatable bonds is 1. The number of hydrogen-bond donors (Lipinski definition) is 1. The van der Waals surface area contributed by atoms with E-state index in [1.807, 2.05) is 12.1 Å². The van der Waals surface area contributed by atoms with Gasteiger partial charge >= 0.3 is 0 Å². The summed E-state index contributed by atoms with van der Waals surface area (Å²) in [5.41, 5.74) is 2.47. The van der Waals surface area contributed by atoms with Gasteiger partial charge < -0.3 is 10.2 Å². The lowest BCUT2D eigenvalue weighted by Crippen LogP contribution is -2.35. The van der Waals surface area contributed by atoms with Gasteiger partial charge in [-0.2, -0.15) is 0 Å². The van der Waals surface area contributed by atoms with Crippen molar-refractivity contribution in [2.24, 2.45) is 0 Å². The fourth-order valence-corrected chi connectivity index (χ4v) is 2.43. The summed E-state index contributed by atoms with van der Waals surface area (Å²) in [6.45, 7) is 7.61. The number of benzene rings is 1. The Hall–Kier alpha value is -0.730. The van der Waals surface area contributed by atoms with Gasteiger partial charge in [0.15, 0.2) is 0 Å². The van der Waals surface area contributed by atoms with Crippen molar-refractivity contribution in [3.63, 3.8) is 0 Å². The molecule has 1 heterocycles. The molecule has 0 bridgehead atoms. The summed E-state index contributed by atoms with van der Waals surface area (Å²) in [5, 5.41) is 4.37. The standard InChI is InChI=1S/C13H19ClN2/c1-10-9-16(8-4-7-15-10)13-6-3-5-12(14)11(13)2/h3,5-6,10,15H,4,7-9H2,1-2H3. The van der Waals surface area contributed by atoms with Gasteiger partial charge in [0.25, 0.3) is 0 Å². The van der Waals surface area contributed by atoms with Crippen LogP contribution < -0.4 is 10.2 Å². The molecular weight excluding hydrogens is 220 g/mol.